The van der Waals surface area contributed by atoms with Crippen molar-refractivity contribution in [3.05, 3.63) is 65.7 Å². The van der Waals surface area contributed by atoms with Crippen LogP contribution in [-0.2, 0) is 13.1 Å². The van der Waals surface area contributed by atoms with Gasteiger partial charge in [-0.2, -0.15) is 0 Å². The smallest absolute Gasteiger partial charge is 0.132 e. The molecular weight excluding hydrogens is 424 g/mol. The van der Waals surface area contributed by atoms with Gasteiger partial charge < -0.3 is 5.73 Å². The molecule has 0 spiro atoms. The lowest BCUT2D eigenvalue weighted by atomic mass is 10.0. The quantitative estimate of drug-likeness (QED) is 0.140. The number of benzene rings is 2. The van der Waals surface area contributed by atoms with Crippen molar-refractivity contribution in [1.82, 2.24) is 4.48 Å². The van der Waals surface area contributed by atoms with Crippen molar-refractivity contribution >= 4 is 5.69 Å². The molecule has 1 atom stereocenters. The molecule has 0 radical (unpaired) electrons. The molecule has 2 rings (SSSR count). The van der Waals surface area contributed by atoms with Gasteiger partial charge in [0.05, 0.1) is 13.6 Å². The Morgan fingerprint density at radius 3 is 1.46 bits per heavy atom. The molecule has 0 saturated carbocycles. The van der Waals surface area contributed by atoms with E-state index in [1.807, 2.05) is 0 Å². The van der Waals surface area contributed by atoms with Gasteiger partial charge in [-0.05, 0) is 30.5 Å². The average molecular weight is 480 g/mol. The third kappa shape index (κ3) is 12.8. The molecule has 0 bridgehead atoms. The lowest BCUT2D eigenvalue weighted by Gasteiger charge is -2.34. The van der Waals surface area contributed by atoms with Gasteiger partial charge in [0.2, 0.25) is 0 Å². The molecule has 196 valence electrons. The molecule has 1 unspecified atom stereocenters. The van der Waals surface area contributed by atoms with Crippen LogP contribution in [0.5, 0.6) is 0 Å². The lowest BCUT2D eigenvalue weighted by molar-refractivity contribution is 0.311. The van der Waals surface area contributed by atoms with Crippen molar-refractivity contribution in [3.63, 3.8) is 0 Å². The summed E-state index contributed by atoms with van der Waals surface area (Å²) >= 11 is 0. The lowest BCUT2D eigenvalue weighted by Crippen LogP contribution is -2.45. The Balaban J connectivity index is 1.59. The van der Waals surface area contributed by atoms with Crippen LogP contribution in [0.1, 0.15) is 121 Å². The van der Waals surface area contributed by atoms with Crippen LogP contribution >= 0.6 is 0 Å². The van der Waals surface area contributed by atoms with Crippen LogP contribution in [0, 0.1) is 0 Å². The van der Waals surface area contributed by atoms with E-state index in [2.05, 4.69) is 68.6 Å². The summed E-state index contributed by atoms with van der Waals surface area (Å²) in [5.74, 6) is 0. The first-order valence-corrected chi connectivity index (χ1v) is 14.9. The van der Waals surface area contributed by atoms with Crippen molar-refractivity contribution in [2.45, 2.75) is 123 Å². The minimum Gasteiger partial charge on any atom is -0.326 e. The second kappa shape index (κ2) is 18.6. The number of hydrogen-bond acceptors (Lipinski definition) is 1. The van der Waals surface area contributed by atoms with Crippen molar-refractivity contribution in [1.29, 1.82) is 0 Å². The molecule has 0 aromatic heterocycles. The third-order valence-corrected chi connectivity index (χ3v) is 7.67. The summed E-state index contributed by atoms with van der Waals surface area (Å²) in [7, 11) is 2.40. The van der Waals surface area contributed by atoms with E-state index in [-0.39, 0.29) is 0 Å². The van der Waals surface area contributed by atoms with Crippen LogP contribution in [0.25, 0.3) is 0 Å². The summed E-state index contributed by atoms with van der Waals surface area (Å²) in [6.07, 6.45) is 22.7. The van der Waals surface area contributed by atoms with Crippen LogP contribution in [-0.4, -0.2) is 13.6 Å². The van der Waals surface area contributed by atoms with E-state index in [1.165, 1.54) is 126 Å². The molecule has 0 saturated heterocycles. The highest BCUT2D eigenvalue weighted by atomic mass is 15.3. The van der Waals surface area contributed by atoms with Gasteiger partial charge in [-0.3, -0.25) is 4.48 Å². The van der Waals surface area contributed by atoms with Crippen LogP contribution in [0.4, 0.5) is 5.69 Å². The largest absolute Gasteiger partial charge is 0.326 e. The van der Waals surface area contributed by atoms with E-state index in [0.717, 1.165) is 11.0 Å². The average Bonchev–Trinajstić information content (AvgIpc) is 2.89. The van der Waals surface area contributed by atoms with Crippen molar-refractivity contribution < 1.29 is 0 Å². The maximum Gasteiger partial charge on any atom is 0.132 e. The fraction of sp³-hybridized carbons (Fsp3) is 0.636. The SMILES string of the molecule is CCCCCCCCCCCCCCCCCC[N+](C)(Cc1ccccc1)c1ccc(CN)cc1. The third-order valence-electron chi connectivity index (χ3n) is 7.67. The first kappa shape index (κ1) is 29.6. The molecule has 0 amide bonds. The highest BCUT2D eigenvalue weighted by Crippen LogP contribution is 2.26. The zero-order valence-electron chi connectivity index (χ0n) is 23.2. The van der Waals surface area contributed by atoms with Gasteiger partial charge in [0, 0.05) is 12.1 Å². The number of rotatable bonds is 21. The van der Waals surface area contributed by atoms with Crippen LogP contribution < -0.4 is 10.2 Å². The van der Waals surface area contributed by atoms with E-state index in [9.17, 15) is 0 Å². The van der Waals surface area contributed by atoms with Crippen molar-refractivity contribution in [2.75, 3.05) is 13.6 Å². The molecule has 0 aliphatic rings. The molecule has 2 nitrogen and oxygen atoms in total. The summed E-state index contributed by atoms with van der Waals surface area (Å²) in [6.45, 7) is 5.14. The van der Waals surface area contributed by atoms with Gasteiger partial charge in [-0.25, -0.2) is 0 Å². The van der Waals surface area contributed by atoms with Gasteiger partial charge in [0.15, 0.2) is 0 Å². The van der Waals surface area contributed by atoms with Crippen molar-refractivity contribution in [3.8, 4) is 0 Å². The number of hydrogen-bond donors (Lipinski definition) is 1. The number of quaternary nitrogens is 1. The maximum atomic E-state index is 5.83. The summed E-state index contributed by atoms with van der Waals surface area (Å²) in [6, 6.07) is 19.9. The minimum atomic E-state index is 0.613. The Hall–Kier alpha value is -1.64. The molecular formula is C33H55N2+. The Bertz CT molecular complexity index is 739. The van der Waals surface area contributed by atoms with Gasteiger partial charge >= 0.3 is 0 Å². The predicted molar refractivity (Wildman–Crippen MR) is 157 cm³/mol. The number of nitrogens with two attached hydrogens (primary N) is 1. The minimum absolute atomic E-state index is 0.613. The molecule has 0 aliphatic carbocycles. The van der Waals surface area contributed by atoms with E-state index in [0.29, 0.717) is 6.54 Å². The molecule has 2 aromatic rings. The van der Waals surface area contributed by atoms with Gasteiger partial charge in [-0.1, -0.05) is 139 Å². The van der Waals surface area contributed by atoms with E-state index < -0.39 is 0 Å². The Morgan fingerprint density at radius 1 is 0.543 bits per heavy atom. The van der Waals surface area contributed by atoms with Crippen LogP contribution in [0.2, 0.25) is 0 Å². The summed E-state index contributed by atoms with van der Waals surface area (Å²) in [5, 5.41) is 0. The second-order valence-electron chi connectivity index (χ2n) is 10.9. The first-order valence-electron chi connectivity index (χ1n) is 14.9. The highest BCUT2D eigenvalue weighted by Gasteiger charge is 2.25. The number of unbranched alkanes of at least 4 members (excludes halogenated alkanes) is 15. The zero-order chi connectivity index (χ0) is 25.0. The predicted octanol–water partition coefficient (Wildman–Crippen LogP) is 9.54. The van der Waals surface area contributed by atoms with Gasteiger partial charge in [0.1, 0.15) is 12.2 Å². The topological polar surface area (TPSA) is 26.0 Å². The van der Waals surface area contributed by atoms with Crippen LogP contribution in [0.3, 0.4) is 0 Å². The maximum absolute atomic E-state index is 5.83. The van der Waals surface area contributed by atoms with Crippen molar-refractivity contribution in [2.24, 2.45) is 5.73 Å². The fourth-order valence-corrected chi connectivity index (χ4v) is 5.29. The van der Waals surface area contributed by atoms with Gasteiger partial charge in [0.25, 0.3) is 0 Å². The zero-order valence-corrected chi connectivity index (χ0v) is 23.2. The molecule has 2 heteroatoms. The summed E-state index contributed by atoms with van der Waals surface area (Å²) in [5.41, 5.74) is 9.85. The molecule has 2 N–H and O–H groups in total. The molecule has 0 heterocycles. The molecule has 0 aliphatic heterocycles. The summed E-state index contributed by atoms with van der Waals surface area (Å²) in [4.78, 5) is 0. The first-order chi connectivity index (χ1) is 17.2. The highest BCUT2D eigenvalue weighted by molar-refractivity contribution is 5.44. The van der Waals surface area contributed by atoms with Crippen LogP contribution in [0.15, 0.2) is 54.6 Å². The van der Waals surface area contributed by atoms with E-state index >= 15 is 0 Å². The van der Waals surface area contributed by atoms with E-state index in [4.69, 9.17) is 5.73 Å². The van der Waals surface area contributed by atoms with E-state index in [1.54, 1.807) is 0 Å². The fourth-order valence-electron chi connectivity index (χ4n) is 5.29. The normalized spacial score (nSPS) is 13.1. The Morgan fingerprint density at radius 2 is 1.00 bits per heavy atom. The molecule has 2 aromatic carbocycles. The summed E-state index contributed by atoms with van der Waals surface area (Å²) < 4.78 is 0.966. The standard InChI is InChI=1S/C33H55N2/c1-3-4-5-6-7-8-9-10-11-12-13-14-15-16-17-21-28-35(2,30-32-22-19-18-20-23-32)33-26-24-31(29-34)25-27-33/h18-20,22-27H,3-17,21,28-30,34H2,1-2H3/q+1. The monoisotopic (exact) mass is 479 g/mol. The molecule has 0 fully saturated rings. The number of nitrogens with zero attached hydrogens (tertiary/aromatic N) is 1. The Kier molecular flexibility index (Phi) is 15.7. The Labute approximate surface area is 217 Å². The van der Waals surface area contributed by atoms with Gasteiger partial charge in [-0.15, -0.1) is 0 Å². The molecule has 35 heavy (non-hydrogen) atoms. The second-order valence-corrected chi connectivity index (χ2v) is 10.9.